The van der Waals surface area contributed by atoms with Crippen molar-refractivity contribution >= 4 is 5.78 Å². The monoisotopic (exact) mass is 219 g/mol. The first-order valence-electron chi connectivity index (χ1n) is 5.80. The quantitative estimate of drug-likeness (QED) is 0.715. The van der Waals surface area contributed by atoms with Gasteiger partial charge in [0, 0.05) is 11.7 Å². The Morgan fingerprint density at radius 3 is 2.62 bits per heavy atom. The molecule has 3 heteroatoms. The average Bonchev–Trinajstić information content (AvgIpc) is 2.62. The van der Waals surface area contributed by atoms with Crippen LogP contribution in [0.5, 0.6) is 0 Å². The van der Waals surface area contributed by atoms with E-state index in [9.17, 15) is 9.59 Å². The molecule has 1 aromatic heterocycles. The van der Waals surface area contributed by atoms with E-state index in [2.05, 4.69) is 0 Å². The maximum absolute atomic E-state index is 12.2. The second-order valence-corrected chi connectivity index (χ2v) is 4.71. The number of ketones is 1. The van der Waals surface area contributed by atoms with E-state index < -0.39 is 0 Å². The van der Waals surface area contributed by atoms with E-state index in [1.807, 2.05) is 13.8 Å². The molecule has 3 nitrogen and oxygen atoms in total. The minimum absolute atomic E-state index is 0.122. The van der Waals surface area contributed by atoms with Gasteiger partial charge >= 0.3 is 0 Å². The Kier molecular flexibility index (Phi) is 2.70. The third-order valence-electron chi connectivity index (χ3n) is 3.18. The van der Waals surface area contributed by atoms with Gasteiger partial charge in [0.05, 0.1) is 5.56 Å². The van der Waals surface area contributed by atoms with Crippen molar-refractivity contribution in [1.82, 2.24) is 4.57 Å². The fourth-order valence-corrected chi connectivity index (χ4v) is 2.47. The minimum atomic E-state index is -0.130. The lowest BCUT2D eigenvalue weighted by atomic mass is 10.1. The van der Waals surface area contributed by atoms with Crippen LogP contribution < -0.4 is 5.56 Å². The van der Waals surface area contributed by atoms with E-state index in [0.29, 0.717) is 5.56 Å². The van der Waals surface area contributed by atoms with Gasteiger partial charge in [-0.25, -0.2) is 0 Å². The summed E-state index contributed by atoms with van der Waals surface area (Å²) in [6.07, 6.45) is 3.03. The van der Waals surface area contributed by atoms with E-state index in [1.54, 1.807) is 10.6 Å². The first-order valence-corrected chi connectivity index (χ1v) is 5.80. The lowest BCUT2D eigenvalue weighted by Gasteiger charge is -2.17. The molecule has 16 heavy (non-hydrogen) atoms. The van der Waals surface area contributed by atoms with E-state index >= 15 is 0 Å². The van der Waals surface area contributed by atoms with Gasteiger partial charge in [0.15, 0.2) is 5.78 Å². The molecule has 2 rings (SSSR count). The number of carbonyl (C=O) groups is 1. The molecular formula is C13H17NO2. The Labute approximate surface area is 95.1 Å². The SMILES string of the molecule is CC(=O)c1cc2c(n(C(C)C)c1=O)CCC2. The highest BCUT2D eigenvalue weighted by molar-refractivity contribution is 5.93. The lowest BCUT2D eigenvalue weighted by molar-refractivity contribution is 0.101. The molecule has 0 saturated carbocycles. The van der Waals surface area contributed by atoms with Gasteiger partial charge in [-0.2, -0.15) is 0 Å². The Morgan fingerprint density at radius 2 is 2.06 bits per heavy atom. The average molecular weight is 219 g/mol. The highest BCUT2D eigenvalue weighted by atomic mass is 16.1. The smallest absolute Gasteiger partial charge is 0.261 e. The van der Waals surface area contributed by atoms with E-state index in [1.165, 1.54) is 12.5 Å². The van der Waals surface area contributed by atoms with Crippen molar-refractivity contribution in [3.8, 4) is 0 Å². The maximum Gasteiger partial charge on any atom is 0.261 e. The molecule has 0 fully saturated rings. The zero-order valence-electron chi connectivity index (χ0n) is 10.0. The third kappa shape index (κ3) is 1.60. The van der Waals surface area contributed by atoms with Crippen LogP contribution >= 0.6 is 0 Å². The number of Topliss-reactive ketones (excluding diaryl/α,β-unsaturated/α-hetero) is 1. The molecule has 1 heterocycles. The summed E-state index contributed by atoms with van der Waals surface area (Å²) in [5.74, 6) is -0.130. The van der Waals surface area contributed by atoms with Crippen molar-refractivity contribution in [2.45, 2.75) is 46.1 Å². The number of hydrogen-bond acceptors (Lipinski definition) is 2. The van der Waals surface area contributed by atoms with Crippen LogP contribution in [0.4, 0.5) is 0 Å². The fourth-order valence-electron chi connectivity index (χ4n) is 2.47. The van der Waals surface area contributed by atoms with Crippen molar-refractivity contribution in [1.29, 1.82) is 0 Å². The molecule has 0 radical (unpaired) electrons. The summed E-state index contributed by atoms with van der Waals surface area (Å²) >= 11 is 0. The molecule has 86 valence electrons. The third-order valence-corrected chi connectivity index (χ3v) is 3.18. The molecule has 0 aliphatic heterocycles. The second-order valence-electron chi connectivity index (χ2n) is 4.71. The van der Waals surface area contributed by atoms with Crippen molar-refractivity contribution in [3.05, 3.63) is 33.2 Å². The van der Waals surface area contributed by atoms with Gasteiger partial charge in [-0.3, -0.25) is 9.59 Å². The molecule has 0 bridgehead atoms. The Hall–Kier alpha value is -1.38. The van der Waals surface area contributed by atoms with Crippen LogP contribution in [0.2, 0.25) is 0 Å². The largest absolute Gasteiger partial charge is 0.309 e. The molecule has 0 amide bonds. The van der Waals surface area contributed by atoms with E-state index in [4.69, 9.17) is 0 Å². The zero-order valence-corrected chi connectivity index (χ0v) is 10.0. The Balaban J connectivity index is 2.75. The number of hydrogen-bond donors (Lipinski definition) is 0. The number of pyridine rings is 1. The maximum atomic E-state index is 12.2. The number of carbonyl (C=O) groups excluding carboxylic acids is 1. The number of nitrogens with zero attached hydrogens (tertiary/aromatic N) is 1. The summed E-state index contributed by atoms with van der Waals surface area (Å²) in [7, 11) is 0. The summed E-state index contributed by atoms with van der Waals surface area (Å²) in [4.78, 5) is 23.6. The van der Waals surface area contributed by atoms with Gasteiger partial charge in [-0.1, -0.05) is 0 Å². The highest BCUT2D eigenvalue weighted by Gasteiger charge is 2.21. The van der Waals surface area contributed by atoms with Gasteiger partial charge in [-0.05, 0) is 51.7 Å². The molecule has 1 aliphatic carbocycles. The van der Waals surface area contributed by atoms with Crippen LogP contribution in [0, 0.1) is 0 Å². The molecular weight excluding hydrogens is 202 g/mol. The molecule has 0 aromatic carbocycles. The summed E-state index contributed by atoms with van der Waals surface area (Å²) < 4.78 is 1.79. The molecule has 0 saturated heterocycles. The number of rotatable bonds is 2. The molecule has 1 aliphatic rings. The molecule has 0 N–H and O–H groups in total. The Morgan fingerprint density at radius 1 is 1.38 bits per heavy atom. The first kappa shape index (κ1) is 11.1. The molecule has 0 atom stereocenters. The van der Waals surface area contributed by atoms with Gasteiger partial charge in [0.2, 0.25) is 0 Å². The van der Waals surface area contributed by atoms with Gasteiger partial charge in [0.25, 0.3) is 5.56 Å². The number of aryl methyl sites for hydroxylation is 1. The summed E-state index contributed by atoms with van der Waals surface area (Å²) in [5, 5.41) is 0. The second kappa shape index (κ2) is 3.89. The van der Waals surface area contributed by atoms with Gasteiger partial charge in [-0.15, -0.1) is 0 Å². The Bertz CT molecular complexity index is 497. The number of aromatic nitrogens is 1. The van der Waals surface area contributed by atoms with E-state index in [0.717, 1.165) is 25.0 Å². The van der Waals surface area contributed by atoms with Gasteiger partial charge < -0.3 is 4.57 Å². The summed E-state index contributed by atoms with van der Waals surface area (Å²) in [6, 6.07) is 1.92. The van der Waals surface area contributed by atoms with Crippen LogP contribution in [-0.2, 0) is 12.8 Å². The molecule has 1 aromatic rings. The predicted octanol–water partition coefficient (Wildman–Crippen LogP) is 2.12. The first-order chi connectivity index (χ1) is 7.52. The normalized spacial score (nSPS) is 14.2. The van der Waals surface area contributed by atoms with Crippen LogP contribution in [0.3, 0.4) is 0 Å². The van der Waals surface area contributed by atoms with E-state index in [-0.39, 0.29) is 17.4 Å². The predicted molar refractivity (Wildman–Crippen MR) is 63.1 cm³/mol. The molecule has 0 spiro atoms. The van der Waals surface area contributed by atoms with Crippen molar-refractivity contribution < 1.29 is 4.79 Å². The highest BCUT2D eigenvalue weighted by Crippen LogP contribution is 2.23. The minimum Gasteiger partial charge on any atom is -0.309 e. The standard InChI is InChI=1S/C13H17NO2/c1-8(2)14-12-6-4-5-10(12)7-11(9(3)15)13(14)16/h7-8H,4-6H2,1-3H3. The van der Waals surface area contributed by atoms with Crippen LogP contribution in [-0.4, -0.2) is 10.4 Å². The van der Waals surface area contributed by atoms with Crippen molar-refractivity contribution in [2.24, 2.45) is 0 Å². The zero-order chi connectivity index (χ0) is 11.9. The lowest BCUT2D eigenvalue weighted by Crippen LogP contribution is -2.29. The van der Waals surface area contributed by atoms with Crippen LogP contribution in [0.1, 0.15) is 54.8 Å². The molecule has 0 unspecified atom stereocenters. The topological polar surface area (TPSA) is 39.1 Å². The van der Waals surface area contributed by atoms with Crippen LogP contribution in [0.15, 0.2) is 10.9 Å². The van der Waals surface area contributed by atoms with Crippen LogP contribution in [0.25, 0.3) is 0 Å². The summed E-state index contributed by atoms with van der Waals surface area (Å²) in [5.41, 5.74) is 2.53. The summed E-state index contributed by atoms with van der Waals surface area (Å²) in [6.45, 7) is 5.44. The number of fused-ring (bicyclic) bond motifs is 1. The van der Waals surface area contributed by atoms with Gasteiger partial charge in [0.1, 0.15) is 0 Å². The fraction of sp³-hybridized carbons (Fsp3) is 0.538. The van der Waals surface area contributed by atoms with Crippen molar-refractivity contribution in [3.63, 3.8) is 0 Å². The van der Waals surface area contributed by atoms with Crippen molar-refractivity contribution in [2.75, 3.05) is 0 Å².